The summed E-state index contributed by atoms with van der Waals surface area (Å²) < 4.78 is 7.69. The molecule has 0 aliphatic carbocycles. The third kappa shape index (κ3) is 2.87. The van der Waals surface area contributed by atoms with Crippen LogP contribution < -0.4 is 10.2 Å². The predicted molar refractivity (Wildman–Crippen MR) is 81.6 cm³/mol. The Hall–Kier alpha value is -2.22. The van der Waals surface area contributed by atoms with E-state index in [2.05, 4.69) is 32.1 Å². The second kappa shape index (κ2) is 6.27. The molecule has 118 valence electrons. The summed E-state index contributed by atoms with van der Waals surface area (Å²) in [7, 11) is 0. The van der Waals surface area contributed by atoms with E-state index in [-0.39, 0.29) is 12.0 Å². The number of aromatic nitrogens is 4. The Morgan fingerprint density at radius 1 is 1.45 bits per heavy atom. The summed E-state index contributed by atoms with van der Waals surface area (Å²) in [5.74, 6) is 0.778. The summed E-state index contributed by atoms with van der Waals surface area (Å²) in [6.45, 7) is 6.91. The third-order valence-corrected chi connectivity index (χ3v) is 3.74. The van der Waals surface area contributed by atoms with Gasteiger partial charge in [0.2, 0.25) is 5.91 Å². The number of amides is 1. The van der Waals surface area contributed by atoms with Gasteiger partial charge in [-0.2, -0.15) is 0 Å². The van der Waals surface area contributed by atoms with Crippen molar-refractivity contribution in [3.63, 3.8) is 0 Å². The number of ether oxygens (including phenoxy) is 1. The molecule has 0 bridgehead atoms. The van der Waals surface area contributed by atoms with Gasteiger partial charge in [0.1, 0.15) is 6.33 Å². The van der Waals surface area contributed by atoms with Crippen LogP contribution in [0, 0.1) is 0 Å². The van der Waals surface area contributed by atoms with E-state index in [0.29, 0.717) is 19.7 Å². The van der Waals surface area contributed by atoms with Crippen LogP contribution in [0.1, 0.15) is 13.8 Å². The summed E-state index contributed by atoms with van der Waals surface area (Å²) in [5.41, 5.74) is 1.65. The van der Waals surface area contributed by atoms with E-state index >= 15 is 0 Å². The zero-order valence-corrected chi connectivity index (χ0v) is 12.8. The highest BCUT2D eigenvalue weighted by atomic mass is 16.5. The summed E-state index contributed by atoms with van der Waals surface area (Å²) in [4.78, 5) is 26.4. The molecule has 0 aromatic carbocycles. The van der Waals surface area contributed by atoms with Crippen molar-refractivity contribution in [2.24, 2.45) is 0 Å². The normalized spacial score (nSPS) is 18.6. The number of anilines is 1. The summed E-state index contributed by atoms with van der Waals surface area (Å²) in [5, 5.41) is 2.79. The predicted octanol–water partition coefficient (Wildman–Crippen LogP) is 0.187. The lowest BCUT2D eigenvalue weighted by Gasteiger charge is -2.33. The fourth-order valence-electron chi connectivity index (χ4n) is 2.62. The van der Waals surface area contributed by atoms with Crippen LogP contribution in [0.4, 0.5) is 5.82 Å². The van der Waals surface area contributed by atoms with Crippen molar-refractivity contribution in [2.45, 2.75) is 26.5 Å². The molecule has 8 nitrogen and oxygen atoms in total. The Morgan fingerprint density at radius 2 is 2.32 bits per heavy atom. The lowest BCUT2D eigenvalue weighted by Crippen LogP contribution is -2.47. The van der Waals surface area contributed by atoms with Crippen LogP contribution in [0.15, 0.2) is 12.7 Å². The molecule has 1 aliphatic heterocycles. The van der Waals surface area contributed by atoms with Gasteiger partial charge in [0.05, 0.1) is 19.0 Å². The van der Waals surface area contributed by atoms with Crippen LogP contribution in [0.2, 0.25) is 0 Å². The van der Waals surface area contributed by atoms with Crippen LogP contribution in [0.3, 0.4) is 0 Å². The molecule has 2 aromatic rings. The minimum absolute atomic E-state index is 0.0454. The lowest BCUT2D eigenvalue weighted by molar-refractivity contribution is -0.119. The molecule has 1 unspecified atom stereocenters. The molecular weight excluding hydrogens is 284 g/mol. The standard InChI is InChI=1S/C14H20N6O2/c1-3-19-9-18-12-13(19)16-8-17-14(12)20-4-5-22-11(7-20)6-15-10(2)21/h8-9,11H,3-7H2,1-2H3,(H,15,21). The molecule has 0 saturated carbocycles. The summed E-state index contributed by atoms with van der Waals surface area (Å²) >= 11 is 0. The number of fused-ring (bicyclic) bond motifs is 1. The van der Waals surface area contributed by atoms with E-state index in [4.69, 9.17) is 4.74 Å². The number of rotatable bonds is 4. The maximum atomic E-state index is 11.0. The van der Waals surface area contributed by atoms with Gasteiger partial charge < -0.3 is 19.5 Å². The Labute approximate surface area is 128 Å². The third-order valence-electron chi connectivity index (χ3n) is 3.74. The van der Waals surface area contributed by atoms with Gasteiger partial charge >= 0.3 is 0 Å². The summed E-state index contributed by atoms with van der Waals surface area (Å²) in [6.07, 6.45) is 3.32. The number of aryl methyl sites for hydroxylation is 1. The molecule has 0 radical (unpaired) electrons. The van der Waals surface area contributed by atoms with Crippen molar-refractivity contribution >= 4 is 22.9 Å². The Balaban J connectivity index is 1.81. The van der Waals surface area contributed by atoms with Gasteiger partial charge in [-0.3, -0.25) is 4.79 Å². The largest absolute Gasteiger partial charge is 0.373 e. The Morgan fingerprint density at radius 3 is 3.09 bits per heavy atom. The van der Waals surface area contributed by atoms with E-state index < -0.39 is 0 Å². The van der Waals surface area contributed by atoms with Crippen LogP contribution >= 0.6 is 0 Å². The number of carbonyl (C=O) groups is 1. The van der Waals surface area contributed by atoms with E-state index in [9.17, 15) is 4.79 Å². The quantitative estimate of drug-likeness (QED) is 0.868. The minimum atomic E-state index is -0.0492. The first-order valence-electron chi connectivity index (χ1n) is 7.46. The van der Waals surface area contributed by atoms with Crippen LogP contribution in [0.5, 0.6) is 0 Å². The molecule has 1 atom stereocenters. The Kier molecular flexibility index (Phi) is 4.19. The minimum Gasteiger partial charge on any atom is -0.373 e. The fourth-order valence-corrected chi connectivity index (χ4v) is 2.62. The van der Waals surface area contributed by atoms with Gasteiger partial charge in [-0.25, -0.2) is 15.0 Å². The first-order chi connectivity index (χ1) is 10.7. The number of imidazole rings is 1. The van der Waals surface area contributed by atoms with Gasteiger partial charge in [0, 0.05) is 33.1 Å². The Bertz CT molecular complexity index is 670. The molecular formula is C14H20N6O2. The fraction of sp³-hybridized carbons (Fsp3) is 0.571. The van der Waals surface area contributed by atoms with Crippen LogP contribution in [-0.4, -0.2) is 57.8 Å². The molecule has 1 amide bonds. The highest BCUT2D eigenvalue weighted by molar-refractivity contribution is 5.83. The average molecular weight is 304 g/mol. The van der Waals surface area contributed by atoms with Gasteiger partial charge in [-0.15, -0.1) is 0 Å². The first kappa shape index (κ1) is 14.7. The number of hydrogen-bond acceptors (Lipinski definition) is 6. The monoisotopic (exact) mass is 304 g/mol. The first-order valence-corrected chi connectivity index (χ1v) is 7.46. The second-order valence-electron chi connectivity index (χ2n) is 5.28. The maximum absolute atomic E-state index is 11.0. The van der Waals surface area contributed by atoms with Crippen molar-refractivity contribution in [2.75, 3.05) is 31.1 Å². The molecule has 1 N–H and O–H groups in total. The van der Waals surface area contributed by atoms with Gasteiger partial charge in [-0.1, -0.05) is 0 Å². The molecule has 1 saturated heterocycles. The SMILES string of the molecule is CCn1cnc2c(N3CCOC(CNC(C)=O)C3)ncnc21. The maximum Gasteiger partial charge on any atom is 0.216 e. The van der Waals surface area contributed by atoms with Gasteiger partial charge in [-0.05, 0) is 6.92 Å². The van der Waals surface area contributed by atoms with Crippen LogP contribution in [-0.2, 0) is 16.1 Å². The number of morpholine rings is 1. The highest BCUT2D eigenvalue weighted by Crippen LogP contribution is 2.23. The number of carbonyl (C=O) groups excluding carboxylic acids is 1. The van der Waals surface area contributed by atoms with Crippen molar-refractivity contribution in [1.29, 1.82) is 0 Å². The zero-order chi connectivity index (χ0) is 15.5. The lowest BCUT2D eigenvalue weighted by atomic mass is 10.2. The smallest absolute Gasteiger partial charge is 0.216 e. The molecule has 2 aromatic heterocycles. The van der Waals surface area contributed by atoms with E-state index in [1.807, 2.05) is 4.57 Å². The molecule has 0 spiro atoms. The van der Waals surface area contributed by atoms with Gasteiger partial charge in [0.15, 0.2) is 17.0 Å². The van der Waals surface area contributed by atoms with Gasteiger partial charge in [0.25, 0.3) is 0 Å². The number of hydrogen-bond donors (Lipinski definition) is 1. The second-order valence-corrected chi connectivity index (χ2v) is 5.28. The van der Waals surface area contributed by atoms with Crippen molar-refractivity contribution in [1.82, 2.24) is 24.8 Å². The molecule has 3 rings (SSSR count). The molecule has 3 heterocycles. The van der Waals surface area contributed by atoms with E-state index in [1.54, 1.807) is 12.7 Å². The molecule has 22 heavy (non-hydrogen) atoms. The molecule has 1 aliphatic rings. The zero-order valence-electron chi connectivity index (χ0n) is 12.8. The topological polar surface area (TPSA) is 85.2 Å². The van der Waals surface area contributed by atoms with E-state index in [0.717, 1.165) is 30.1 Å². The molecule has 1 fully saturated rings. The number of nitrogens with zero attached hydrogens (tertiary/aromatic N) is 5. The van der Waals surface area contributed by atoms with Crippen molar-refractivity contribution in [3.8, 4) is 0 Å². The number of nitrogens with one attached hydrogen (secondary N) is 1. The van der Waals surface area contributed by atoms with Crippen LogP contribution in [0.25, 0.3) is 11.2 Å². The molecule has 8 heteroatoms. The van der Waals surface area contributed by atoms with E-state index in [1.165, 1.54) is 6.92 Å². The van der Waals surface area contributed by atoms with Crippen molar-refractivity contribution in [3.05, 3.63) is 12.7 Å². The summed E-state index contributed by atoms with van der Waals surface area (Å²) in [6, 6.07) is 0. The van der Waals surface area contributed by atoms with Crippen molar-refractivity contribution < 1.29 is 9.53 Å². The highest BCUT2D eigenvalue weighted by Gasteiger charge is 2.24. The average Bonchev–Trinajstić information content (AvgIpc) is 2.96.